The Kier molecular flexibility index (Phi) is 7.59. The average molecular weight is 476 g/mol. The zero-order valence-corrected chi connectivity index (χ0v) is 19.6. The van der Waals surface area contributed by atoms with E-state index < -0.39 is 5.82 Å². The maximum Gasteiger partial charge on any atom is 0.144 e. The molecule has 2 fully saturated rings. The molecule has 0 bridgehead atoms. The molecule has 170 valence electrons. The van der Waals surface area contributed by atoms with Crippen molar-refractivity contribution < 1.29 is 13.9 Å². The molecule has 2 saturated heterocycles. The molecule has 0 amide bonds. The van der Waals surface area contributed by atoms with Gasteiger partial charge in [-0.25, -0.2) is 8.70 Å². The second kappa shape index (κ2) is 10.4. The van der Waals surface area contributed by atoms with Crippen molar-refractivity contribution >= 4 is 23.5 Å². The van der Waals surface area contributed by atoms with E-state index in [1.807, 2.05) is 19.1 Å². The van der Waals surface area contributed by atoms with Gasteiger partial charge in [0.2, 0.25) is 0 Å². The van der Waals surface area contributed by atoms with E-state index in [1.54, 1.807) is 18.0 Å². The third kappa shape index (κ3) is 5.75. The number of nitrogens with one attached hydrogen (secondary N) is 1. The van der Waals surface area contributed by atoms with Crippen LogP contribution in [0.4, 0.5) is 4.39 Å². The fourth-order valence-electron chi connectivity index (χ4n) is 4.01. The van der Waals surface area contributed by atoms with Crippen molar-refractivity contribution in [3.8, 4) is 11.8 Å². The van der Waals surface area contributed by atoms with Crippen LogP contribution in [-0.2, 0) is 4.74 Å². The normalized spacial score (nSPS) is 18.7. The van der Waals surface area contributed by atoms with Gasteiger partial charge in [0.1, 0.15) is 17.6 Å². The van der Waals surface area contributed by atoms with Gasteiger partial charge in [-0.15, -0.1) is 0 Å². The second-order valence-electron chi connectivity index (χ2n) is 8.63. The third-order valence-electron chi connectivity index (χ3n) is 5.93. The van der Waals surface area contributed by atoms with Crippen LogP contribution >= 0.6 is 23.5 Å². The maximum absolute atomic E-state index is 14.0. The SMILES string of the molecule is Cc1ccc(SN2CC(CNC3CCOCC3)(COc3ccc(C#N)c(F)c3)C2)c(Cl)c1. The van der Waals surface area contributed by atoms with Crippen molar-refractivity contribution in [3.63, 3.8) is 0 Å². The number of benzene rings is 2. The van der Waals surface area contributed by atoms with Crippen molar-refractivity contribution in [2.75, 3.05) is 39.5 Å². The first kappa shape index (κ1) is 23.3. The Labute approximate surface area is 198 Å². The second-order valence-corrected chi connectivity index (χ2v) is 10.2. The van der Waals surface area contributed by atoms with Crippen LogP contribution < -0.4 is 10.1 Å². The molecule has 0 radical (unpaired) electrons. The van der Waals surface area contributed by atoms with Crippen LogP contribution in [0.1, 0.15) is 24.0 Å². The standard InChI is InChI=1S/C24H27ClFN3O2S/c1-17-2-5-23(21(25)10-17)32-29-14-24(15-29,13-28-19-6-8-30-9-7-19)16-31-20-4-3-18(12-27)22(26)11-20/h2-5,10-11,19,28H,6-9,13-16H2,1H3. The summed E-state index contributed by atoms with van der Waals surface area (Å²) in [7, 11) is 0. The first-order chi connectivity index (χ1) is 15.5. The lowest BCUT2D eigenvalue weighted by Crippen LogP contribution is -2.61. The summed E-state index contributed by atoms with van der Waals surface area (Å²) in [6.07, 6.45) is 2.02. The van der Waals surface area contributed by atoms with Gasteiger partial charge >= 0.3 is 0 Å². The molecule has 0 atom stereocenters. The van der Waals surface area contributed by atoms with Crippen LogP contribution in [0.2, 0.25) is 5.02 Å². The molecule has 4 rings (SSSR count). The molecule has 0 unspecified atom stereocenters. The molecule has 0 saturated carbocycles. The molecule has 32 heavy (non-hydrogen) atoms. The summed E-state index contributed by atoms with van der Waals surface area (Å²) in [6.45, 7) is 6.55. The van der Waals surface area contributed by atoms with E-state index in [9.17, 15) is 4.39 Å². The summed E-state index contributed by atoms with van der Waals surface area (Å²) in [5.74, 6) is -0.112. The maximum atomic E-state index is 14.0. The number of nitrogens with zero attached hydrogens (tertiary/aromatic N) is 2. The first-order valence-corrected chi connectivity index (χ1v) is 11.9. The molecule has 8 heteroatoms. The molecule has 2 aromatic rings. The van der Waals surface area contributed by atoms with Gasteiger partial charge < -0.3 is 14.8 Å². The van der Waals surface area contributed by atoms with E-state index >= 15 is 0 Å². The Bertz CT molecular complexity index is 988. The Morgan fingerprint density at radius 3 is 2.75 bits per heavy atom. The Morgan fingerprint density at radius 1 is 1.28 bits per heavy atom. The molecule has 0 spiro atoms. The quantitative estimate of drug-likeness (QED) is 0.552. The predicted octanol–water partition coefficient (Wildman–Crippen LogP) is 4.82. The molecule has 2 aliphatic heterocycles. The monoisotopic (exact) mass is 475 g/mol. The van der Waals surface area contributed by atoms with Crippen LogP contribution in [-0.4, -0.2) is 49.8 Å². The molecule has 0 aromatic heterocycles. The smallest absolute Gasteiger partial charge is 0.144 e. The van der Waals surface area contributed by atoms with Gasteiger partial charge in [-0.05, 0) is 61.5 Å². The topological polar surface area (TPSA) is 57.5 Å². The molecular formula is C24H27ClFN3O2S. The fraction of sp³-hybridized carbons (Fsp3) is 0.458. The summed E-state index contributed by atoms with van der Waals surface area (Å²) >= 11 is 8.07. The number of ether oxygens (including phenoxy) is 2. The number of hydrogen-bond donors (Lipinski definition) is 1. The highest BCUT2D eigenvalue weighted by Crippen LogP contribution is 2.41. The minimum Gasteiger partial charge on any atom is -0.493 e. The van der Waals surface area contributed by atoms with E-state index in [0.717, 1.165) is 61.2 Å². The van der Waals surface area contributed by atoms with Crippen LogP contribution in [0.25, 0.3) is 0 Å². The molecular weight excluding hydrogens is 449 g/mol. The highest BCUT2D eigenvalue weighted by atomic mass is 35.5. The van der Waals surface area contributed by atoms with E-state index in [-0.39, 0.29) is 11.0 Å². The van der Waals surface area contributed by atoms with Crippen molar-refractivity contribution in [2.24, 2.45) is 5.41 Å². The van der Waals surface area contributed by atoms with Gasteiger partial charge in [-0.1, -0.05) is 17.7 Å². The highest BCUT2D eigenvalue weighted by molar-refractivity contribution is 7.97. The van der Waals surface area contributed by atoms with Gasteiger partial charge in [-0.3, -0.25) is 0 Å². The Hall–Kier alpha value is -1.82. The summed E-state index contributed by atoms with van der Waals surface area (Å²) in [6, 6.07) is 12.8. The lowest BCUT2D eigenvalue weighted by molar-refractivity contribution is 0.0157. The molecule has 2 heterocycles. The van der Waals surface area contributed by atoms with E-state index in [2.05, 4.69) is 21.8 Å². The average Bonchev–Trinajstić information content (AvgIpc) is 2.77. The number of rotatable bonds is 8. The molecule has 0 aliphatic carbocycles. The number of hydrogen-bond acceptors (Lipinski definition) is 6. The van der Waals surface area contributed by atoms with Crippen LogP contribution in [0, 0.1) is 29.5 Å². The largest absolute Gasteiger partial charge is 0.493 e. The fourth-order valence-corrected chi connectivity index (χ4v) is 5.58. The summed E-state index contributed by atoms with van der Waals surface area (Å²) in [4.78, 5) is 1.04. The predicted molar refractivity (Wildman–Crippen MR) is 125 cm³/mol. The molecule has 2 aliphatic rings. The molecule has 1 N–H and O–H groups in total. The molecule has 5 nitrogen and oxygen atoms in total. The van der Waals surface area contributed by atoms with Crippen molar-refractivity contribution in [3.05, 3.63) is 58.4 Å². The van der Waals surface area contributed by atoms with E-state index in [0.29, 0.717) is 18.4 Å². The third-order valence-corrected chi connectivity index (χ3v) is 7.43. The van der Waals surface area contributed by atoms with Gasteiger partial charge in [-0.2, -0.15) is 5.26 Å². The summed E-state index contributed by atoms with van der Waals surface area (Å²) in [5, 5.41) is 13.4. The lowest BCUT2D eigenvalue weighted by atomic mass is 9.82. The van der Waals surface area contributed by atoms with Gasteiger partial charge in [0.15, 0.2) is 0 Å². The first-order valence-electron chi connectivity index (χ1n) is 10.8. The Balaban J connectivity index is 1.39. The van der Waals surface area contributed by atoms with E-state index in [4.69, 9.17) is 26.3 Å². The zero-order chi connectivity index (χ0) is 22.6. The van der Waals surface area contributed by atoms with Crippen LogP contribution in [0.15, 0.2) is 41.3 Å². The van der Waals surface area contributed by atoms with Crippen molar-refractivity contribution in [1.82, 2.24) is 9.62 Å². The molecule has 2 aromatic carbocycles. The lowest BCUT2D eigenvalue weighted by Gasteiger charge is -2.49. The Morgan fingerprint density at radius 2 is 2.06 bits per heavy atom. The minimum absolute atomic E-state index is 0.0226. The number of nitriles is 1. The summed E-state index contributed by atoms with van der Waals surface area (Å²) in [5.41, 5.74) is 1.07. The minimum atomic E-state index is -0.556. The van der Waals surface area contributed by atoms with Gasteiger partial charge in [0.25, 0.3) is 0 Å². The van der Waals surface area contributed by atoms with Crippen LogP contribution in [0.5, 0.6) is 5.75 Å². The van der Waals surface area contributed by atoms with Gasteiger partial charge in [0.05, 0.1) is 17.2 Å². The number of halogens is 2. The highest BCUT2D eigenvalue weighted by Gasteiger charge is 2.44. The van der Waals surface area contributed by atoms with Crippen LogP contribution in [0.3, 0.4) is 0 Å². The van der Waals surface area contributed by atoms with Crippen molar-refractivity contribution in [2.45, 2.75) is 30.7 Å². The summed E-state index contributed by atoms with van der Waals surface area (Å²) < 4.78 is 27.7. The van der Waals surface area contributed by atoms with Gasteiger partial charge in [0, 0.05) is 55.3 Å². The van der Waals surface area contributed by atoms with E-state index in [1.165, 1.54) is 12.1 Å². The van der Waals surface area contributed by atoms with Crippen molar-refractivity contribution in [1.29, 1.82) is 5.26 Å². The zero-order valence-electron chi connectivity index (χ0n) is 18.1. The number of aryl methyl sites for hydroxylation is 1.